The third kappa shape index (κ3) is 2.96. The number of ether oxygens (including phenoxy) is 1. The standard InChI is InChI=1S/C22H29N5O3/c1-21(2,3)30-11-22-8-13-6-12(7-14(9-22)27(13)20(22)29)26-17-15-4-5-24-19(15)25-10-16(17)18(23)28/h4-5,10,12-14H,6-9,11H2,1-3H3,(H2,23,28)(H2,24,25,26)/t12?,13-,14+,22?. The molecule has 8 nitrogen and oxygen atoms in total. The molecule has 3 fully saturated rings. The van der Waals surface area contributed by atoms with Crippen molar-refractivity contribution < 1.29 is 14.3 Å². The van der Waals surface area contributed by atoms with Crippen molar-refractivity contribution >= 4 is 28.5 Å². The van der Waals surface area contributed by atoms with E-state index in [1.807, 2.05) is 26.8 Å². The highest BCUT2D eigenvalue weighted by Gasteiger charge is 2.63. The van der Waals surface area contributed by atoms with Crippen LogP contribution < -0.4 is 11.1 Å². The Balaban J connectivity index is 1.37. The number of anilines is 1. The molecule has 0 saturated carbocycles. The number of aromatic nitrogens is 2. The van der Waals surface area contributed by atoms with Crippen molar-refractivity contribution in [1.82, 2.24) is 14.9 Å². The lowest BCUT2D eigenvalue weighted by Gasteiger charge is -2.43. The number of nitrogens with one attached hydrogen (secondary N) is 2. The van der Waals surface area contributed by atoms with Crippen LogP contribution >= 0.6 is 0 Å². The molecule has 0 spiro atoms. The molecule has 30 heavy (non-hydrogen) atoms. The zero-order chi connectivity index (χ0) is 21.3. The van der Waals surface area contributed by atoms with Gasteiger partial charge in [0, 0.05) is 35.9 Å². The Labute approximate surface area is 175 Å². The molecule has 5 heterocycles. The molecule has 2 unspecified atom stereocenters. The zero-order valence-corrected chi connectivity index (χ0v) is 17.7. The first-order valence-electron chi connectivity index (χ1n) is 10.7. The number of carbonyl (C=O) groups excluding carboxylic acids is 2. The van der Waals surface area contributed by atoms with Gasteiger partial charge in [-0.3, -0.25) is 9.59 Å². The van der Waals surface area contributed by atoms with Gasteiger partial charge in [-0.1, -0.05) is 0 Å². The smallest absolute Gasteiger partial charge is 0.252 e. The average molecular weight is 412 g/mol. The minimum Gasteiger partial charge on any atom is -0.381 e. The molecule has 3 aliphatic heterocycles. The number of carbonyl (C=O) groups is 2. The lowest BCUT2D eigenvalue weighted by Crippen LogP contribution is -2.50. The summed E-state index contributed by atoms with van der Waals surface area (Å²) in [5, 5.41) is 4.44. The van der Waals surface area contributed by atoms with Crippen LogP contribution in [0.15, 0.2) is 18.5 Å². The van der Waals surface area contributed by atoms with Crippen molar-refractivity contribution in [2.45, 2.75) is 70.2 Å². The highest BCUT2D eigenvalue weighted by atomic mass is 16.5. The molecule has 4 N–H and O–H groups in total. The fraction of sp³-hybridized carbons (Fsp3) is 0.591. The number of pyridine rings is 1. The number of nitrogens with two attached hydrogens (primary N) is 1. The summed E-state index contributed by atoms with van der Waals surface area (Å²) in [7, 11) is 0. The van der Waals surface area contributed by atoms with Crippen molar-refractivity contribution in [2.24, 2.45) is 11.1 Å². The molecule has 2 bridgehead atoms. The van der Waals surface area contributed by atoms with Gasteiger partial charge in [0.1, 0.15) is 5.65 Å². The van der Waals surface area contributed by atoms with Gasteiger partial charge in [-0.2, -0.15) is 0 Å². The highest BCUT2D eigenvalue weighted by Crippen LogP contribution is 2.54. The van der Waals surface area contributed by atoms with Crippen LogP contribution in [0.1, 0.15) is 56.8 Å². The van der Waals surface area contributed by atoms with Crippen molar-refractivity contribution in [3.63, 3.8) is 0 Å². The number of piperidine rings is 2. The summed E-state index contributed by atoms with van der Waals surface area (Å²) in [5.74, 6) is -0.237. The van der Waals surface area contributed by atoms with Gasteiger partial charge in [-0.15, -0.1) is 0 Å². The largest absolute Gasteiger partial charge is 0.381 e. The van der Waals surface area contributed by atoms with Gasteiger partial charge in [0.05, 0.1) is 28.9 Å². The van der Waals surface area contributed by atoms with Crippen LogP contribution in [0.2, 0.25) is 0 Å². The van der Waals surface area contributed by atoms with Gasteiger partial charge in [-0.25, -0.2) is 4.98 Å². The van der Waals surface area contributed by atoms with E-state index in [-0.39, 0.29) is 35.0 Å². The maximum Gasteiger partial charge on any atom is 0.252 e. The number of rotatable bonds is 5. The fourth-order valence-electron chi connectivity index (χ4n) is 5.61. The number of aromatic amines is 1. The van der Waals surface area contributed by atoms with E-state index in [1.54, 1.807) is 6.20 Å². The molecule has 2 aromatic heterocycles. The molecule has 3 aliphatic rings. The van der Waals surface area contributed by atoms with E-state index in [9.17, 15) is 9.59 Å². The maximum atomic E-state index is 13.1. The van der Waals surface area contributed by atoms with Gasteiger partial charge in [-0.05, 0) is 52.5 Å². The summed E-state index contributed by atoms with van der Waals surface area (Å²) in [6.45, 7) is 6.59. The first-order valence-corrected chi connectivity index (χ1v) is 10.7. The number of primary amides is 1. The topological polar surface area (TPSA) is 113 Å². The van der Waals surface area contributed by atoms with Crippen LogP contribution in [0, 0.1) is 5.41 Å². The summed E-state index contributed by atoms with van der Waals surface area (Å²) in [6, 6.07) is 2.50. The first-order chi connectivity index (χ1) is 14.2. The summed E-state index contributed by atoms with van der Waals surface area (Å²) in [5.41, 5.74) is 6.84. The van der Waals surface area contributed by atoms with Crippen molar-refractivity contribution in [3.8, 4) is 0 Å². The molecule has 4 atom stereocenters. The number of nitrogens with zero attached hydrogens (tertiary/aromatic N) is 2. The van der Waals surface area contributed by atoms with Gasteiger partial charge >= 0.3 is 0 Å². The summed E-state index contributed by atoms with van der Waals surface area (Å²) in [4.78, 5) is 34.6. The average Bonchev–Trinajstić information content (AvgIpc) is 3.30. The monoisotopic (exact) mass is 411 g/mol. The predicted octanol–water partition coefficient (Wildman–Crippen LogP) is 2.41. The summed E-state index contributed by atoms with van der Waals surface area (Å²) < 4.78 is 6.05. The Kier molecular flexibility index (Phi) is 4.16. The predicted molar refractivity (Wildman–Crippen MR) is 113 cm³/mol. The SMILES string of the molecule is CC(C)(C)OCC12C[C@H]3CC(Nc4c(C(N)=O)cnc5[nH]ccc45)C[C@@H](C1)N3C2=O. The molecule has 8 heteroatoms. The number of fused-ring (bicyclic) bond motifs is 2. The van der Waals surface area contributed by atoms with Crippen LogP contribution in [0.4, 0.5) is 5.69 Å². The van der Waals surface area contributed by atoms with Crippen molar-refractivity contribution in [3.05, 3.63) is 24.0 Å². The lowest BCUT2D eigenvalue weighted by atomic mass is 9.74. The third-order valence-electron chi connectivity index (χ3n) is 6.82. The van der Waals surface area contributed by atoms with E-state index in [0.717, 1.165) is 42.4 Å². The first kappa shape index (κ1) is 19.4. The zero-order valence-electron chi connectivity index (χ0n) is 17.7. The minimum absolute atomic E-state index is 0.169. The Morgan fingerprint density at radius 2 is 2.07 bits per heavy atom. The normalized spacial score (nSPS) is 30.3. The second kappa shape index (κ2) is 6.44. The van der Waals surface area contributed by atoms with Gasteiger partial charge in [0.15, 0.2) is 0 Å². The van der Waals surface area contributed by atoms with Crippen LogP contribution in [-0.4, -0.2) is 57.0 Å². The second-order valence-corrected chi connectivity index (χ2v) is 10.1. The highest BCUT2D eigenvalue weighted by molar-refractivity contribution is 6.06. The van der Waals surface area contributed by atoms with E-state index in [4.69, 9.17) is 10.5 Å². The Morgan fingerprint density at radius 1 is 1.37 bits per heavy atom. The van der Waals surface area contributed by atoms with Crippen LogP contribution in [0.25, 0.3) is 11.0 Å². The van der Waals surface area contributed by atoms with Crippen LogP contribution in [0.3, 0.4) is 0 Å². The molecule has 0 aliphatic carbocycles. The molecule has 2 amide bonds. The summed E-state index contributed by atoms with van der Waals surface area (Å²) in [6.07, 6.45) is 6.72. The maximum absolute atomic E-state index is 13.1. The van der Waals surface area contributed by atoms with Crippen LogP contribution in [0.5, 0.6) is 0 Å². The van der Waals surface area contributed by atoms with Gasteiger partial charge in [0.2, 0.25) is 5.91 Å². The Hall–Kier alpha value is -2.61. The molecule has 2 aromatic rings. The molecule has 0 radical (unpaired) electrons. The Bertz CT molecular complexity index is 1010. The van der Waals surface area contributed by atoms with Gasteiger partial charge in [0.25, 0.3) is 5.91 Å². The molecule has 0 aromatic carbocycles. The van der Waals surface area contributed by atoms with E-state index in [0.29, 0.717) is 12.2 Å². The summed E-state index contributed by atoms with van der Waals surface area (Å²) >= 11 is 0. The minimum atomic E-state index is -0.497. The lowest BCUT2D eigenvalue weighted by molar-refractivity contribution is -0.137. The quantitative estimate of drug-likeness (QED) is 0.699. The molecule has 3 saturated heterocycles. The Morgan fingerprint density at radius 3 is 2.70 bits per heavy atom. The van der Waals surface area contributed by atoms with Crippen molar-refractivity contribution in [1.29, 1.82) is 0 Å². The third-order valence-corrected chi connectivity index (χ3v) is 6.82. The van der Waals surface area contributed by atoms with E-state index in [2.05, 4.69) is 20.2 Å². The van der Waals surface area contributed by atoms with E-state index >= 15 is 0 Å². The fourth-order valence-corrected chi connectivity index (χ4v) is 5.61. The molecule has 160 valence electrons. The number of H-pyrrole nitrogens is 1. The number of amides is 2. The van der Waals surface area contributed by atoms with Crippen molar-refractivity contribution in [2.75, 3.05) is 11.9 Å². The molecular weight excluding hydrogens is 382 g/mol. The van der Waals surface area contributed by atoms with E-state index in [1.165, 1.54) is 6.20 Å². The number of hydrogen-bond donors (Lipinski definition) is 3. The van der Waals surface area contributed by atoms with Crippen LogP contribution in [-0.2, 0) is 9.53 Å². The second-order valence-electron chi connectivity index (χ2n) is 10.1. The number of hydrogen-bond acceptors (Lipinski definition) is 5. The van der Waals surface area contributed by atoms with Gasteiger partial charge < -0.3 is 25.7 Å². The molecule has 5 rings (SSSR count). The van der Waals surface area contributed by atoms with E-state index < -0.39 is 5.91 Å². The molecular formula is C22H29N5O3.